The SMILES string of the molecule is COC(=O)c1cnc(C(=O)CC#N)[nH]1. The predicted molar refractivity (Wildman–Crippen MR) is 44.5 cm³/mol. The van der Waals surface area contributed by atoms with Crippen molar-refractivity contribution in [1.82, 2.24) is 9.97 Å². The lowest BCUT2D eigenvalue weighted by atomic mass is 10.3. The van der Waals surface area contributed by atoms with E-state index in [-0.39, 0.29) is 17.9 Å². The number of ether oxygens (including phenoxy) is 1. The van der Waals surface area contributed by atoms with Gasteiger partial charge in [0.05, 0.1) is 19.4 Å². The molecule has 0 saturated heterocycles. The van der Waals surface area contributed by atoms with Crippen LogP contribution >= 0.6 is 0 Å². The first kappa shape index (κ1) is 9.92. The summed E-state index contributed by atoms with van der Waals surface area (Å²) in [5.74, 6) is -1.07. The number of aromatic nitrogens is 2. The first-order valence-corrected chi connectivity index (χ1v) is 3.72. The molecule has 0 atom stereocenters. The molecule has 1 N–H and O–H groups in total. The fourth-order valence-electron chi connectivity index (χ4n) is 0.832. The minimum absolute atomic E-state index is 0.00745. The summed E-state index contributed by atoms with van der Waals surface area (Å²) in [6, 6.07) is 1.69. The fourth-order valence-corrected chi connectivity index (χ4v) is 0.832. The van der Waals surface area contributed by atoms with Gasteiger partial charge in [0, 0.05) is 0 Å². The van der Waals surface area contributed by atoms with Crippen molar-refractivity contribution in [3.8, 4) is 6.07 Å². The zero-order chi connectivity index (χ0) is 10.6. The maximum atomic E-state index is 11.1. The number of H-pyrrole nitrogens is 1. The molecular formula is C8H7N3O3. The van der Waals surface area contributed by atoms with Crippen molar-refractivity contribution in [2.75, 3.05) is 7.11 Å². The molecular weight excluding hydrogens is 186 g/mol. The monoisotopic (exact) mass is 193 g/mol. The maximum Gasteiger partial charge on any atom is 0.356 e. The smallest absolute Gasteiger partial charge is 0.356 e. The van der Waals surface area contributed by atoms with Gasteiger partial charge < -0.3 is 9.72 Å². The van der Waals surface area contributed by atoms with Crippen LogP contribution in [0.1, 0.15) is 27.5 Å². The molecule has 0 spiro atoms. The van der Waals surface area contributed by atoms with Crippen LogP contribution in [0, 0.1) is 11.3 Å². The lowest BCUT2D eigenvalue weighted by Gasteiger charge is -1.92. The van der Waals surface area contributed by atoms with E-state index in [0.29, 0.717) is 0 Å². The van der Waals surface area contributed by atoms with Crippen LogP contribution in [0.3, 0.4) is 0 Å². The van der Waals surface area contributed by atoms with Crippen LogP contribution in [-0.4, -0.2) is 28.8 Å². The summed E-state index contributed by atoms with van der Waals surface area (Å²) < 4.78 is 4.40. The summed E-state index contributed by atoms with van der Waals surface area (Å²) in [4.78, 5) is 28.1. The van der Waals surface area contributed by atoms with Crippen LogP contribution in [0.2, 0.25) is 0 Å². The second-order valence-corrected chi connectivity index (χ2v) is 2.40. The van der Waals surface area contributed by atoms with Crippen LogP contribution in [0.25, 0.3) is 0 Å². The van der Waals surface area contributed by atoms with Crippen LogP contribution in [0.5, 0.6) is 0 Å². The van der Waals surface area contributed by atoms with Gasteiger partial charge in [0.15, 0.2) is 5.82 Å². The number of nitrogens with one attached hydrogen (secondary N) is 1. The molecule has 14 heavy (non-hydrogen) atoms. The third kappa shape index (κ3) is 1.95. The average molecular weight is 193 g/mol. The van der Waals surface area contributed by atoms with Gasteiger partial charge in [0.1, 0.15) is 12.1 Å². The summed E-state index contributed by atoms with van der Waals surface area (Å²) in [5, 5.41) is 8.26. The van der Waals surface area contributed by atoms with Gasteiger partial charge in [0.25, 0.3) is 0 Å². The number of carbonyl (C=O) groups is 2. The fraction of sp³-hybridized carbons (Fsp3) is 0.250. The highest BCUT2D eigenvalue weighted by atomic mass is 16.5. The number of hydrogen-bond acceptors (Lipinski definition) is 5. The van der Waals surface area contributed by atoms with Gasteiger partial charge in [0.2, 0.25) is 5.78 Å². The molecule has 0 bridgehead atoms. The van der Waals surface area contributed by atoms with Crippen molar-refractivity contribution in [2.45, 2.75) is 6.42 Å². The minimum Gasteiger partial charge on any atom is -0.464 e. The number of Topliss-reactive ketones (excluding diaryl/α,β-unsaturated/α-hetero) is 1. The van der Waals surface area contributed by atoms with E-state index in [1.165, 1.54) is 13.3 Å². The van der Waals surface area contributed by atoms with Gasteiger partial charge in [-0.1, -0.05) is 0 Å². The van der Waals surface area contributed by atoms with Gasteiger partial charge in [-0.25, -0.2) is 9.78 Å². The van der Waals surface area contributed by atoms with E-state index in [1.54, 1.807) is 6.07 Å². The number of rotatable bonds is 3. The molecule has 0 amide bonds. The van der Waals surface area contributed by atoms with E-state index in [4.69, 9.17) is 5.26 Å². The minimum atomic E-state index is -0.603. The van der Waals surface area contributed by atoms with Crippen LogP contribution in [0.15, 0.2) is 6.20 Å². The van der Waals surface area contributed by atoms with E-state index in [1.807, 2.05) is 0 Å². The largest absolute Gasteiger partial charge is 0.464 e. The van der Waals surface area contributed by atoms with Crippen molar-refractivity contribution in [3.05, 3.63) is 17.7 Å². The highest BCUT2D eigenvalue weighted by Crippen LogP contribution is 2.01. The first-order chi connectivity index (χ1) is 6.69. The van der Waals surface area contributed by atoms with Crippen molar-refractivity contribution in [2.24, 2.45) is 0 Å². The first-order valence-electron chi connectivity index (χ1n) is 3.72. The molecule has 0 saturated carbocycles. The molecule has 6 nitrogen and oxygen atoms in total. The zero-order valence-electron chi connectivity index (χ0n) is 7.40. The molecule has 1 aromatic rings. The van der Waals surface area contributed by atoms with Gasteiger partial charge >= 0.3 is 5.97 Å². The van der Waals surface area contributed by atoms with E-state index >= 15 is 0 Å². The molecule has 0 radical (unpaired) electrons. The Kier molecular flexibility index (Phi) is 2.97. The molecule has 1 heterocycles. The summed E-state index contributed by atoms with van der Waals surface area (Å²) >= 11 is 0. The molecule has 0 unspecified atom stereocenters. The normalized spacial score (nSPS) is 9.14. The Morgan fingerprint density at radius 1 is 1.71 bits per heavy atom. The lowest BCUT2D eigenvalue weighted by Crippen LogP contribution is -2.04. The highest BCUT2D eigenvalue weighted by molar-refractivity contribution is 5.95. The summed E-state index contributed by atoms with van der Waals surface area (Å²) in [6.45, 7) is 0. The second-order valence-electron chi connectivity index (χ2n) is 2.40. The topological polar surface area (TPSA) is 95.8 Å². The summed E-state index contributed by atoms with van der Waals surface area (Å²) in [7, 11) is 1.22. The zero-order valence-corrected chi connectivity index (χ0v) is 7.40. The van der Waals surface area contributed by atoms with Gasteiger partial charge in [-0.3, -0.25) is 4.79 Å². The van der Waals surface area contributed by atoms with Crippen molar-refractivity contribution in [1.29, 1.82) is 5.26 Å². The molecule has 6 heteroatoms. The predicted octanol–water partition coefficient (Wildman–Crippen LogP) is 0.293. The van der Waals surface area contributed by atoms with Crippen molar-refractivity contribution >= 4 is 11.8 Å². The summed E-state index contributed by atoms with van der Waals surface area (Å²) in [5.41, 5.74) is 0.0915. The number of ketones is 1. The number of nitriles is 1. The maximum absolute atomic E-state index is 11.1. The van der Waals surface area contributed by atoms with E-state index < -0.39 is 11.8 Å². The standard InChI is InChI=1S/C8H7N3O3/c1-14-8(13)5-4-10-7(11-5)6(12)2-3-9/h4H,2H2,1H3,(H,10,11). The average Bonchev–Trinajstić information content (AvgIpc) is 2.66. The molecule has 0 aliphatic rings. The van der Waals surface area contributed by atoms with Crippen molar-refractivity contribution in [3.63, 3.8) is 0 Å². The Morgan fingerprint density at radius 2 is 2.43 bits per heavy atom. The molecule has 1 rings (SSSR count). The van der Waals surface area contributed by atoms with Gasteiger partial charge in [-0.05, 0) is 0 Å². The number of methoxy groups -OCH3 is 1. The van der Waals surface area contributed by atoms with Crippen LogP contribution in [0.4, 0.5) is 0 Å². The molecule has 72 valence electrons. The Balaban J connectivity index is 2.84. The summed E-state index contributed by atoms with van der Waals surface area (Å²) in [6.07, 6.45) is 0.921. The van der Waals surface area contributed by atoms with Crippen molar-refractivity contribution < 1.29 is 14.3 Å². The second kappa shape index (κ2) is 4.18. The third-order valence-electron chi connectivity index (χ3n) is 1.48. The van der Waals surface area contributed by atoms with E-state index in [2.05, 4.69) is 14.7 Å². The van der Waals surface area contributed by atoms with Crippen LogP contribution in [-0.2, 0) is 4.74 Å². The van der Waals surface area contributed by atoms with Gasteiger partial charge in [-0.2, -0.15) is 5.26 Å². The number of hydrogen-bond donors (Lipinski definition) is 1. The quantitative estimate of drug-likeness (QED) is 0.549. The number of esters is 1. The number of imidazole rings is 1. The Morgan fingerprint density at radius 3 is 3.00 bits per heavy atom. The molecule has 0 aromatic carbocycles. The molecule has 0 aliphatic carbocycles. The number of aromatic amines is 1. The van der Waals surface area contributed by atoms with E-state index in [0.717, 1.165) is 0 Å². The molecule has 0 fully saturated rings. The molecule has 1 aromatic heterocycles. The van der Waals surface area contributed by atoms with Gasteiger partial charge in [-0.15, -0.1) is 0 Å². The lowest BCUT2D eigenvalue weighted by molar-refractivity contribution is 0.0594. The van der Waals surface area contributed by atoms with Crippen LogP contribution < -0.4 is 0 Å². The Bertz CT molecular complexity index is 402. The third-order valence-corrected chi connectivity index (χ3v) is 1.48. The number of carbonyl (C=O) groups excluding carboxylic acids is 2. The Labute approximate surface area is 79.5 Å². The Hall–Kier alpha value is -2.16. The number of nitrogens with zero attached hydrogens (tertiary/aromatic N) is 2. The molecule has 0 aliphatic heterocycles. The van der Waals surface area contributed by atoms with E-state index in [9.17, 15) is 9.59 Å². The highest BCUT2D eigenvalue weighted by Gasteiger charge is 2.13.